The number of rotatable bonds is 11. The van der Waals surface area contributed by atoms with Gasteiger partial charge in [0, 0.05) is 7.11 Å². The van der Waals surface area contributed by atoms with Crippen LogP contribution >= 0.6 is 0 Å². The van der Waals surface area contributed by atoms with Gasteiger partial charge < -0.3 is 9.84 Å². The summed E-state index contributed by atoms with van der Waals surface area (Å²) in [4.78, 5) is 12.0. The Bertz CT molecular complexity index is 830. The third-order valence-electron chi connectivity index (χ3n) is 5.41. The molecule has 1 aromatic carbocycles. The van der Waals surface area contributed by atoms with Crippen LogP contribution in [0.5, 0.6) is 0 Å². The normalized spacial score (nSPS) is 12.9. The number of hydrogen-bond acceptors (Lipinski definition) is 3. The van der Waals surface area contributed by atoms with E-state index >= 15 is 0 Å². The Morgan fingerprint density at radius 2 is 2.03 bits per heavy atom. The lowest BCUT2D eigenvalue weighted by atomic mass is 9.93. The quantitative estimate of drug-likeness (QED) is 0.542. The van der Waals surface area contributed by atoms with E-state index in [4.69, 9.17) is 4.74 Å². The molecule has 1 N–H and O–H groups in total. The van der Waals surface area contributed by atoms with E-state index in [1.54, 1.807) is 25.3 Å². The van der Waals surface area contributed by atoms with Gasteiger partial charge in [0.25, 0.3) is 0 Å². The fourth-order valence-corrected chi connectivity index (χ4v) is 3.59. The fourth-order valence-electron chi connectivity index (χ4n) is 3.59. The lowest BCUT2D eigenvalue weighted by Gasteiger charge is -2.23. The highest BCUT2D eigenvalue weighted by molar-refractivity contribution is 5.90. The summed E-state index contributed by atoms with van der Waals surface area (Å²) in [5.41, 5.74) is 1.45. The Hall–Kier alpha value is -2.21. The van der Waals surface area contributed by atoms with Crippen LogP contribution in [0.15, 0.2) is 24.3 Å². The highest BCUT2D eigenvalue weighted by Crippen LogP contribution is 2.26. The van der Waals surface area contributed by atoms with Gasteiger partial charge >= 0.3 is 5.97 Å². The number of ether oxygens (including phenoxy) is 1. The smallest absolute Gasteiger partial charge is 0.339 e. The van der Waals surface area contributed by atoms with Gasteiger partial charge in [-0.05, 0) is 51.2 Å². The highest BCUT2D eigenvalue weighted by Gasteiger charge is 2.26. The summed E-state index contributed by atoms with van der Waals surface area (Å²) >= 11 is 0. The van der Waals surface area contributed by atoms with Crippen LogP contribution in [-0.2, 0) is 17.6 Å². The third-order valence-corrected chi connectivity index (χ3v) is 5.41. The van der Waals surface area contributed by atoms with Gasteiger partial charge in [0.15, 0.2) is 0 Å². The number of methoxy groups -OCH3 is 1. The molecule has 160 valence electrons. The average Bonchev–Trinajstić information content (AvgIpc) is 3.00. The van der Waals surface area contributed by atoms with E-state index in [2.05, 4.69) is 25.9 Å². The number of para-hydroxylation sites is 1. The Labute approximate surface area is 172 Å². The number of halogens is 1. The first-order valence-corrected chi connectivity index (χ1v) is 10.3. The molecule has 0 aliphatic heterocycles. The maximum Gasteiger partial charge on any atom is 0.339 e. The molecule has 1 unspecified atom stereocenters. The predicted molar refractivity (Wildman–Crippen MR) is 112 cm³/mol. The molecule has 0 aliphatic carbocycles. The van der Waals surface area contributed by atoms with Gasteiger partial charge in [-0.3, -0.25) is 0 Å². The topological polar surface area (TPSA) is 64.3 Å². The number of carboxylic acids is 1. The second-order valence-electron chi connectivity index (χ2n) is 8.35. The predicted octanol–water partition coefficient (Wildman–Crippen LogP) is 5.44. The van der Waals surface area contributed by atoms with E-state index in [9.17, 15) is 14.3 Å². The van der Waals surface area contributed by atoms with Gasteiger partial charge in [-0.25, -0.2) is 13.9 Å². The lowest BCUT2D eigenvalue weighted by molar-refractivity contribution is 0.0127. The maximum absolute atomic E-state index is 14.4. The van der Waals surface area contributed by atoms with Crippen LogP contribution in [-0.4, -0.2) is 33.6 Å². The molecule has 1 atom stereocenters. The largest absolute Gasteiger partial charge is 0.478 e. The van der Waals surface area contributed by atoms with Crippen molar-refractivity contribution in [3.8, 4) is 5.69 Å². The fraction of sp³-hybridized carbons (Fsp3) is 0.565. The summed E-state index contributed by atoms with van der Waals surface area (Å²) in [6, 6.07) is 6.35. The molecule has 0 bridgehead atoms. The molecule has 1 aromatic heterocycles. The van der Waals surface area contributed by atoms with Crippen LogP contribution in [0.3, 0.4) is 0 Å². The number of aromatic carboxylic acids is 1. The summed E-state index contributed by atoms with van der Waals surface area (Å²) in [6.45, 7) is 8.21. The molecule has 0 amide bonds. The Kier molecular flexibility index (Phi) is 7.96. The van der Waals surface area contributed by atoms with Gasteiger partial charge in [-0.2, -0.15) is 5.10 Å². The third kappa shape index (κ3) is 5.89. The minimum atomic E-state index is -1.00. The van der Waals surface area contributed by atoms with Crippen LogP contribution in [0, 0.1) is 11.7 Å². The van der Waals surface area contributed by atoms with Crippen molar-refractivity contribution in [2.45, 2.75) is 71.8 Å². The number of hydrogen-bond donors (Lipinski definition) is 1. The zero-order chi connectivity index (χ0) is 21.6. The number of benzene rings is 1. The summed E-state index contributed by atoms with van der Waals surface area (Å²) in [5.74, 6) is -1.15. The number of aromatic nitrogens is 2. The van der Waals surface area contributed by atoms with E-state index in [1.165, 1.54) is 10.7 Å². The van der Waals surface area contributed by atoms with Crippen molar-refractivity contribution < 1.29 is 19.0 Å². The molecule has 0 spiro atoms. The van der Waals surface area contributed by atoms with Crippen molar-refractivity contribution in [2.75, 3.05) is 7.11 Å². The van der Waals surface area contributed by atoms with Crippen molar-refractivity contribution >= 4 is 5.97 Å². The van der Waals surface area contributed by atoms with Gasteiger partial charge in [0.05, 0.1) is 17.0 Å². The number of carbonyl (C=O) groups is 1. The van der Waals surface area contributed by atoms with Crippen molar-refractivity contribution in [3.63, 3.8) is 0 Å². The second-order valence-corrected chi connectivity index (χ2v) is 8.35. The zero-order valence-corrected chi connectivity index (χ0v) is 18.2. The highest BCUT2D eigenvalue weighted by atomic mass is 19.1. The first-order chi connectivity index (χ1) is 13.7. The molecule has 0 aliphatic rings. The molecule has 2 rings (SSSR count). The van der Waals surface area contributed by atoms with Crippen LogP contribution in [0.25, 0.3) is 5.69 Å². The number of nitrogens with zero attached hydrogens (tertiary/aromatic N) is 2. The molecule has 0 saturated carbocycles. The molecule has 6 heteroatoms. The molecular weight excluding hydrogens is 371 g/mol. The van der Waals surface area contributed by atoms with Gasteiger partial charge in [-0.15, -0.1) is 0 Å². The molecule has 2 aromatic rings. The SMILES string of the molecule is CCCc1c(C(=O)O)c(CC(C)CCCC(C)(C)OC)nn1-c1ccccc1F. The number of carboxylic acid groups (broad SMARTS) is 1. The maximum atomic E-state index is 14.4. The Balaban J connectivity index is 2.30. The lowest BCUT2D eigenvalue weighted by Crippen LogP contribution is -2.22. The van der Waals surface area contributed by atoms with Crippen molar-refractivity contribution in [1.29, 1.82) is 0 Å². The van der Waals surface area contributed by atoms with Crippen molar-refractivity contribution in [1.82, 2.24) is 9.78 Å². The first kappa shape index (κ1) is 23.1. The summed E-state index contributed by atoms with van der Waals surface area (Å²) in [5, 5.41) is 14.4. The minimum absolute atomic E-state index is 0.160. The average molecular weight is 405 g/mol. The minimum Gasteiger partial charge on any atom is -0.478 e. The van der Waals surface area contributed by atoms with E-state index in [0.717, 1.165) is 25.7 Å². The zero-order valence-electron chi connectivity index (χ0n) is 18.2. The van der Waals surface area contributed by atoms with Gasteiger partial charge in [0.2, 0.25) is 0 Å². The van der Waals surface area contributed by atoms with E-state index in [0.29, 0.717) is 29.9 Å². The van der Waals surface area contributed by atoms with Crippen molar-refractivity contribution in [3.05, 3.63) is 47.0 Å². The van der Waals surface area contributed by atoms with E-state index < -0.39 is 11.8 Å². The molecule has 5 nitrogen and oxygen atoms in total. The summed E-state index contributed by atoms with van der Waals surface area (Å²) < 4.78 is 21.3. The van der Waals surface area contributed by atoms with Crippen LogP contribution in [0.2, 0.25) is 0 Å². The van der Waals surface area contributed by atoms with Gasteiger partial charge in [0.1, 0.15) is 17.1 Å². The molecule has 0 saturated heterocycles. The van der Waals surface area contributed by atoms with E-state index in [1.807, 2.05) is 6.92 Å². The first-order valence-electron chi connectivity index (χ1n) is 10.3. The Morgan fingerprint density at radius 1 is 1.34 bits per heavy atom. The van der Waals surface area contributed by atoms with E-state index in [-0.39, 0.29) is 17.1 Å². The summed E-state index contributed by atoms with van der Waals surface area (Å²) in [7, 11) is 1.72. The van der Waals surface area contributed by atoms with Gasteiger partial charge in [-0.1, -0.05) is 45.2 Å². The molecule has 29 heavy (non-hydrogen) atoms. The molecular formula is C23H33FN2O3. The summed E-state index contributed by atoms with van der Waals surface area (Å²) in [6.07, 6.45) is 4.69. The van der Waals surface area contributed by atoms with Crippen LogP contribution in [0.1, 0.15) is 75.1 Å². The second kappa shape index (κ2) is 10.0. The standard InChI is InChI=1S/C23H33FN2O3/c1-6-10-20-21(22(27)28)18(15-16(2)11-9-14-23(3,4)29-5)25-26(20)19-13-8-7-12-17(19)24/h7-8,12-13,16H,6,9-11,14-15H2,1-5H3,(H,27,28). The molecule has 1 heterocycles. The molecule has 0 radical (unpaired) electrons. The monoisotopic (exact) mass is 404 g/mol. The van der Waals surface area contributed by atoms with Crippen LogP contribution < -0.4 is 0 Å². The van der Waals surface area contributed by atoms with Crippen molar-refractivity contribution in [2.24, 2.45) is 5.92 Å². The Morgan fingerprint density at radius 3 is 2.62 bits per heavy atom. The van der Waals surface area contributed by atoms with Crippen LogP contribution in [0.4, 0.5) is 4.39 Å². The molecule has 0 fully saturated rings.